The van der Waals surface area contributed by atoms with Crippen molar-refractivity contribution in [1.82, 2.24) is 0 Å². The average molecular weight is 913 g/mol. The van der Waals surface area contributed by atoms with Gasteiger partial charge in [0.1, 0.15) is 40.6 Å². The van der Waals surface area contributed by atoms with Gasteiger partial charge in [0.05, 0.1) is 0 Å². The van der Waals surface area contributed by atoms with E-state index in [2.05, 4.69) is 220 Å². The molecule has 6 heteroatoms. The van der Waals surface area contributed by atoms with E-state index in [1.807, 2.05) is 0 Å². The van der Waals surface area contributed by atoms with Gasteiger partial charge in [0, 0.05) is 33.0 Å². The van der Waals surface area contributed by atoms with Crippen LogP contribution in [-0.2, 0) is 21.7 Å². The minimum atomic E-state index is -0.585. The largest absolute Gasteiger partial charge is 0.479 e. The maximum Gasteiger partial charge on any atom is 0.158 e. The van der Waals surface area contributed by atoms with Crippen LogP contribution in [0.3, 0.4) is 0 Å². The second-order valence-corrected chi connectivity index (χ2v) is 25.6. The highest BCUT2D eigenvalue weighted by atomic mass is 31.1. The van der Waals surface area contributed by atoms with Gasteiger partial charge in [0.25, 0.3) is 0 Å². The van der Waals surface area contributed by atoms with Gasteiger partial charge in [-0.2, -0.15) is 0 Å². The molecule has 0 aliphatic rings. The molecule has 0 bridgehead atoms. The Labute approximate surface area is 396 Å². The van der Waals surface area contributed by atoms with Crippen molar-refractivity contribution in [3.05, 3.63) is 131 Å². The molecule has 0 saturated carbocycles. The zero-order chi connectivity index (χ0) is 47.6. The lowest BCUT2D eigenvalue weighted by Gasteiger charge is -2.35. The second-order valence-electron chi connectivity index (χ2n) is 22.7. The third-order valence-electron chi connectivity index (χ3n) is 12.5. The Morgan fingerprint density at radius 3 is 1.17 bits per heavy atom. The zero-order valence-electron chi connectivity index (χ0n) is 42.6. The van der Waals surface area contributed by atoms with Gasteiger partial charge in [-0.1, -0.05) is 195 Å². The van der Waals surface area contributed by atoms with Crippen LogP contribution in [0.2, 0.25) is 0 Å². The van der Waals surface area contributed by atoms with E-state index >= 15 is 0 Å². The van der Waals surface area contributed by atoms with Crippen molar-refractivity contribution >= 4 is 39.2 Å². The molecule has 0 fully saturated rings. The van der Waals surface area contributed by atoms with Crippen molar-refractivity contribution in [1.29, 1.82) is 0 Å². The fraction of sp³-hybridized carbons (Fsp3) is 0.458. The molecule has 6 aromatic rings. The number of hydrogen-bond donors (Lipinski definition) is 0. The van der Waals surface area contributed by atoms with Crippen LogP contribution in [0.25, 0.3) is 32.7 Å². The highest BCUT2D eigenvalue weighted by Crippen LogP contribution is 2.54. The standard InChI is InChI=1S/C59H78O4P2/c1-17-19-35-59(16,61-51-33-25-29-41-27-21-23-31-45(41)51)65-63-53-47(37-43(55(6,7)8)39-49(53)57(12,13)14)46-36-42(54(3,4)5)38-48(56(9,10)11)52(46)62-64-58(15,34-18-2)60-50-32-24-28-40-26-20-22-30-44(40)50/h20-33,36-39,64-65H,17-19,34-35H2,1-16H3. The van der Waals surface area contributed by atoms with Crippen molar-refractivity contribution in [2.75, 3.05) is 0 Å². The Morgan fingerprint density at radius 2 is 0.800 bits per heavy atom. The minimum Gasteiger partial charge on any atom is -0.479 e. The fourth-order valence-corrected chi connectivity index (χ4v) is 10.5. The van der Waals surface area contributed by atoms with Crippen LogP contribution < -0.4 is 18.5 Å². The number of hydrogen-bond acceptors (Lipinski definition) is 4. The molecule has 0 N–H and O–H groups in total. The smallest absolute Gasteiger partial charge is 0.158 e. The molecule has 0 saturated heterocycles. The Morgan fingerprint density at radius 1 is 0.415 bits per heavy atom. The van der Waals surface area contributed by atoms with E-state index in [1.165, 1.54) is 27.6 Å². The predicted molar refractivity (Wildman–Crippen MR) is 285 cm³/mol. The van der Waals surface area contributed by atoms with E-state index in [-0.39, 0.29) is 39.3 Å². The van der Waals surface area contributed by atoms with Gasteiger partial charge in [0.2, 0.25) is 0 Å². The summed E-state index contributed by atoms with van der Waals surface area (Å²) in [6.07, 6.45) is 4.75. The summed E-state index contributed by atoms with van der Waals surface area (Å²) in [5.41, 5.74) is 6.24. The van der Waals surface area contributed by atoms with Crippen molar-refractivity contribution < 1.29 is 18.5 Å². The molecule has 0 radical (unpaired) electrons. The van der Waals surface area contributed by atoms with E-state index in [0.29, 0.717) is 0 Å². The lowest BCUT2D eigenvalue weighted by atomic mass is 9.75. The molecule has 65 heavy (non-hydrogen) atoms. The summed E-state index contributed by atoms with van der Waals surface area (Å²) in [5, 5.41) is 3.39. The topological polar surface area (TPSA) is 36.9 Å². The molecule has 4 unspecified atom stereocenters. The van der Waals surface area contributed by atoms with Gasteiger partial charge < -0.3 is 18.5 Å². The van der Waals surface area contributed by atoms with E-state index < -0.39 is 10.7 Å². The summed E-state index contributed by atoms with van der Waals surface area (Å²) in [6.45, 7) is 36.7. The summed E-state index contributed by atoms with van der Waals surface area (Å²) in [4.78, 5) is 0. The van der Waals surface area contributed by atoms with Crippen LogP contribution >= 0.6 is 17.6 Å². The monoisotopic (exact) mass is 913 g/mol. The Hall–Kier alpha value is -4.10. The van der Waals surface area contributed by atoms with Crippen LogP contribution in [0.4, 0.5) is 0 Å². The number of rotatable bonds is 16. The third-order valence-corrected chi connectivity index (χ3v) is 14.6. The summed E-state index contributed by atoms with van der Waals surface area (Å²) >= 11 is 0. The van der Waals surface area contributed by atoms with Gasteiger partial charge in [0.15, 0.2) is 10.7 Å². The molecule has 4 nitrogen and oxygen atoms in total. The normalized spacial score (nSPS) is 14.9. The van der Waals surface area contributed by atoms with E-state index in [9.17, 15) is 0 Å². The predicted octanol–water partition coefficient (Wildman–Crippen LogP) is 18.4. The van der Waals surface area contributed by atoms with Crippen molar-refractivity contribution in [2.45, 2.75) is 175 Å². The molecule has 348 valence electrons. The number of fused-ring (bicyclic) bond motifs is 2. The fourth-order valence-electron chi connectivity index (χ4n) is 8.47. The van der Waals surface area contributed by atoms with Crippen LogP contribution in [-0.4, -0.2) is 10.7 Å². The summed E-state index contributed by atoms with van der Waals surface area (Å²) in [7, 11) is 0.0285. The Balaban J connectivity index is 1.57. The summed E-state index contributed by atoms with van der Waals surface area (Å²) in [6, 6.07) is 39.2. The lowest BCUT2D eigenvalue weighted by Crippen LogP contribution is -2.28. The number of unbranched alkanes of at least 4 members (excludes halogenated alkanes) is 1. The molecule has 0 aliphatic heterocycles. The highest BCUT2D eigenvalue weighted by molar-refractivity contribution is 7.34. The quantitative estimate of drug-likeness (QED) is 0.0907. The van der Waals surface area contributed by atoms with E-state index in [0.717, 1.165) is 82.4 Å². The minimum absolute atomic E-state index is 0.0127. The Kier molecular flexibility index (Phi) is 15.2. The SMILES string of the molecule is CCCCC(C)(Oc1cccc2ccccc12)POc1c(-c2cc(C(C)(C)C)cc(C(C)(C)C)c2OPC(C)(CCC)Oc2cccc3ccccc23)cc(C(C)(C)C)cc1C(C)(C)C. The summed E-state index contributed by atoms with van der Waals surface area (Å²) < 4.78 is 29.2. The van der Waals surface area contributed by atoms with E-state index in [1.54, 1.807) is 0 Å². The molecule has 0 heterocycles. The van der Waals surface area contributed by atoms with Crippen LogP contribution in [0.5, 0.6) is 23.0 Å². The van der Waals surface area contributed by atoms with Crippen molar-refractivity contribution in [3.63, 3.8) is 0 Å². The Bertz CT molecular complexity index is 2570. The van der Waals surface area contributed by atoms with Crippen molar-refractivity contribution in [2.24, 2.45) is 0 Å². The van der Waals surface area contributed by atoms with Gasteiger partial charge in [-0.15, -0.1) is 0 Å². The highest BCUT2D eigenvalue weighted by Gasteiger charge is 2.36. The number of benzene rings is 6. The molecule has 0 aliphatic carbocycles. The van der Waals surface area contributed by atoms with Crippen LogP contribution in [0.1, 0.15) is 165 Å². The maximum absolute atomic E-state index is 7.50. The molecular formula is C59H78O4P2. The van der Waals surface area contributed by atoms with Crippen molar-refractivity contribution in [3.8, 4) is 34.1 Å². The van der Waals surface area contributed by atoms with Gasteiger partial charge >= 0.3 is 0 Å². The first-order valence-corrected chi connectivity index (χ1v) is 25.8. The lowest BCUT2D eigenvalue weighted by molar-refractivity contribution is 0.163. The summed E-state index contributed by atoms with van der Waals surface area (Å²) in [5.74, 6) is 3.57. The molecule has 0 spiro atoms. The van der Waals surface area contributed by atoms with Crippen LogP contribution in [0, 0.1) is 0 Å². The number of ether oxygens (including phenoxy) is 2. The zero-order valence-corrected chi connectivity index (χ0v) is 44.6. The molecule has 0 aromatic heterocycles. The maximum atomic E-state index is 7.50. The first-order valence-electron chi connectivity index (χ1n) is 24.0. The molecular weight excluding hydrogens is 835 g/mol. The second kappa shape index (κ2) is 19.6. The van der Waals surface area contributed by atoms with E-state index in [4.69, 9.17) is 18.5 Å². The van der Waals surface area contributed by atoms with Crippen LogP contribution in [0.15, 0.2) is 109 Å². The average Bonchev–Trinajstić information content (AvgIpc) is 3.23. The first-order chi connectivity index (χ1) is 30.4. The van der Waals surface area contributed by atoms with Gasteiger partial charge in [-0.3, -0.25) is 0 Å². The molecule has 0 amide bonds. The molecule has 4 atom stereocenters. The molecule has 6 aromatic carbocycles. The third kappa shape index (κ3) is 12.1. The van der Waals surface area contributed by atoms with Gasteiger partial charge in [-0.25, -0.2) is 0 Å². The molecule has 6 rings (SSSR count). The first kappa shape index (κ1) is 50.3. The van der Waals surface area contributed by atoms with Gasteiger partial charge in [-0.05, 0) is 101 Å².